The van der Waals surface area contributed by atoms with Crippen LogP contribution < -0.4 is 0 Å². The summed E-state index contributed by atoms with van der Waals surface area (Å²) in [7, 11) is 0. The van der Waals surface area contributed by atoms with Crippen molar-refractivity contribution in [1.29, 1.82) is 5.26 Å². The second-order valence-electron chi connectivity index (χ2n) is 6.58. The number of nitrogens with zero attached hydrogens (tertiary/aromatic N) is 3. The van der Waals surface area contributed by atoms with Crippen molar-refractivity contribution in [2.75, 3.05) is 13.1 Å². The van der Waals surface area contributed by atoms with Crippen molar-refractivity contribution in [3.8, 4) is 6.07 Å². The van der Waals surface area contributed by atoms with Crippen LogP contribution in [0.3, 0.4) is 0 Å². The summed E-state index contributed by atoms with van der Waals surface area (Å²) in [5.41, 5.74) is 0.225. The molecule has 0 radical (unpaired) electrons. The van der Waals surface area contributed by atoms with Crippen LogP contribution in [0.5, 0.6) is 0 Å². The van der Waals surface area contributed by atoms with E-state index in [0.29, 0.717) is 13.1 Å². The minimum absolute atomic E-state index is 0.00394. The van der Waals surface area contributed by atoms with Crippen molar-refractivity contribution >= 4 is 11.8 Å². The molecule has 1 aromatic carbocycles. The number of benzene rings is 1. The second-order valence-corrected chi connectivity index (χ2v) is 6.58. The van der Waals surface area contributed by atoms with Crippen LogP contribution in [0.1, 0.15) is 32.3 Å². The van der Waals surface area contributed by atoms with Crippen LogP contribution in [0.25, 0.3) is 0 Å². The average Bonchev–Trinajstić information content (AvgIpc) is 2.90. The van der Waals surface area contributed by atoms with E-state index in [1.54, 1.807) is 32.9 Å². The van der Waals surface area contributed by atoms with E-state index in [1.165, 1.54) is 17.0 Å². The van der Waals surface area contributed by atoms with Crippen LogP contribution in [0.2, 0.25) is 0 Å². The van der Waals surface area contributed by atoms with Gasteiger partial charge in [0.2, 0.25) is 0 Å². The zero-order valence-electron chi connectivity index (χ0n) is 13.4. The summed E-state index contributed by atoms with van der Waals surface area (Å²) in [4.78, 5) is 23.9. The molecular formula is C16H19N3O4. The molecule has 1 aliphatic heterocycles. The molecule has 1 amide bonds. The third-order valence-electron chi connectivity index (χ3n) is 3.67. The lowest BCUT2D eigenvalue weighted by Gasteiger charge is -2.24. The molecule has 2 rings (SSSR count). The standard InChI is InChI=1S/C16H19N3O4/c1-16(2,3)23-15(20)18-9-12(8-17)14(10-18)11-4-6-13(7-5-11)19(21)22/h4-7,12,14H,9-10H2,1-3H3/t12-,14+/m1/s1. The zero-order chi connectivity index (χ0) is 17.2. The van der Waals surface area contributed by atoms with Crippen molar-refractivity contribution in [2.24, 2.45) is 5.92 Å². The zero-order valence-corrected chi connectivity index (χ0v) is 13.4. The average molecular weight is 317 g/mol. The van der Waals surface area contributed by atoms with Gasteiger partial charge in [0.25, 0.3) is 5.69 Å². The normalized spacial score (nSPS) is 20.9. The van der Waals surface area contributed by atoms with Crippen molar-refractivity contribution < 1.29 is 14.5 Å². The summed E-state index contributed by atoms with van der Waals surface area (Å²) in [6.45, 7) is 6.03. The van der Waals surface area contributed by atoms with E-state index >= 15 is 0 Å². The van der Waals surface area contributed by atoms with Crippen LogP contribution in [0.4, 0.5) is 10.5 Å². The van der Waals surface area contributed by atoms with E-state index in [-0.39, 0.29) is 17.5 Å². The summed E-state index contributed by atoms with van der Waals surface area (Å²) >= 11 is 0. The van der Waals surface area contributed by atoms with Crippen LogP contribution in [-0.2, 0) is 4.74 Å². The Morgan fingerprint density at radius 3 is 2.43 bits per heavy atom. The Kier molecular flexibility index (Phi) is 4.55. The number of hydrogen-bond donors (Lipinski definition) is 0. The highest BCUT2D eigenvalue weighted by Crippen LogP contribution is 2.33. The van der Waals surface area contributed by atoms with Gasteiger partial charge in [-0.1, -0.05) is 12.1 Å². The van der Waals surface area contributed by atoms with E-state index in [1.807, 2.05) is 0 Å². The van der Waals surface area contributed by atoms with Gasteiger partial charge in [0, 0.05) is 31.1 Å². The maximum atomic E-state index is 12.1. The Balaban J connectivity index is 2.15. The fourth-order valence-corrected chi connectivity index (χ4v) is 2.59. The summed E-state index contributed by atoms with van der Waals surface area (Å²) in [5.74, 6) is -0.530. The Morgan fingerprint density at radius 1 is 1.35 bits per heavy atom. The highest BCUT2D eigenvalue weighted by Gasteiger charge is 2.38. The molecule has 1 saturated heterocycles. The minimum Gasteiger partial charge on any atom is -0.444 e. The van der Waals surface area contributed by atoms with E-state index in [4.69, 9.17) is 4.74 Å². The molecule has 0 N–H and O–H groups in total. The van der Waals surface area contributed by atoms with Gasteiger partial charge >= 0.3 is 6.09 Å². The van der Waals surface area contributed by atoms with Gasteiger partial charge in [-0.3, -0.25) is 10.1 Å². The van der Waals surface area contributed by atoms with Crippen molar-refractivity contribution in [1.82, 2.24) is 4.90 Å². The van der Waals surface area contributed by atoms with Gasteiger partial charge in [0.1, 0.15) is 5.60 Å². The molecule has 0 aromatic heterocycles. The van der Waals surface area contributed by atoms with Crippen LogP contribution >= 0.6 is 0 Å². The first-order valence-corrected chi connectivity index (χ1v) is 7.33. The maximum absolute atomic E-state index is 12.1. The number of likely N-dealkylation sites (tertiary alicyclic amines) is 1. The number of carbonyl (C=O) groups is 1. The first-order chi connectivity index (χ1) is 10.7. The van der Waals surface area contributed by atoms with E-state index in [0.717, 1.165) is 5.56 Å². The van der Waals surface area contributed by atoms with E-state index in [9.17, 15) is 20.2 Å². The molecule has 0 spiro atoms. The number of rotatable bonds is 2. The molecular weight excluding hydrogens is 298 g/mol. The maximum Gasteiger partial charge on any atom is 0.410 e. The Hall–Kier alpha value is -2.62. The van der Waals surface area contributed by atoms with Crippen molar-refractivity contribution in [3.63, 3.8) is 0 Å². The summed E-state index contributed by atoms with van der Waals surface area (Å²) in [6.07, 6.45) is -0.442. The number of non-ortho nitro benzene ring substituents is 1. The summed E-state index contributed by atoms with van der Waals surface area (Å²) in [6, 6.07) is 8.34. The third-order valence-corrected chi connectivity index (χ3v) is 3.67. The number of nitro groups is 1. The van der Waals surface area contributed by atoms with Gasteiger partial charge in [-0.05, 0) is 26.3 Å². The number of hydrogen-bond acceptors (Lipinski definition) is 5. The molecule has 1 aliphatic rings. The molecule has 1 aromatic rings. The lowest BCUT2D eigenvalue weighted by Crippen LogP contribution is -2.35. The van der Waals surface area contributed by atoms with E-state index < -0.39 is 16.6 Å². The van der Waals surface area contributed by atoms with Gasteiger partial charge in [-0.2, -0.15) is 5.26 Å². The highest BCUT2D eigenvalue weighted by molar-refractivity contribution is 5.69. The number of nitro benzene ring substituents is 1. The molecule has 1 fully saturated rings. The van der Waals surface area contributed by atoms with Crippen molar-refractivity contribution in [2.45, 2.75) is 32.3 Å². The number of amides is 1. The Morgan fingerprint density at radius 2 is 1.96 bits per heavy atom. The Bertz CT molecular complexity index is 643. The fraction of sp³-hybridized carbons (Fsp3) is 0.500. The molecule has 0 aliphatic carbocycles. The molecule has 122 valence electrons. The molecule has 23 heavy (non-hydrogen) atoms. The fourth-order valence-electron chi connectivity index (χ4n) is 2.59. The smallest absolute Gasteiger partial charge is 0.410 e. The Labute approximate surface area is 134 Å². The lowest BCUT2D eigenvalue weighted by molar-refractivity contribution is -0.384. The van der Waals surface area contributed by atoms with Gasteiger partial charge in [0.15, 0.2) is 0 Å². The molecule has 0 unspecified atom stereocenters. The number of nitriles is 1. The van der Waals surface area contributed by atoms with E-state index in [2.05, 4.69) is 6.07 Å². The van der Waals surface area contributed by atoms with Gasteiger partial charge in [-0.25, -0.2) is 4.79 Å². The topological polar surface area (TPSA) is 96.5 Å². The quantitative estimate of drug-likeness (QED) is 0.617. The van der Waals surface area contributed by atoms with Gasteiger partial charge < -0.3 is 9.64 Å². The SMILES string of the molecule is CC(C)(C)OC(=O)N1C[C@@H](C#N)[C@H](c2ccc([N+](=O)[O-])cc2)C1. The lowest BCUT2D eigenvalue weighted by atomic mass is 9.90. The molecule has 1 heterocycles. The highest BCUT2D eigenvalue weighted by atomic mass is 16.6. The number of ether oxygens (including phenoxy) is 1. The van der Waals surface area contributed by atoms with Crippen molar-refractivity contribution in [3.05, 3.63) is 39.9 Å². The number of carbonyl (C=O) groups excluding carboxylic acids is 1. The third kappa shape index (κ3) is 3.97. The van der Waals surface area contributed by atoms with Crippen LogP contribution in [-0.4, -0.2) is 34.6 Å². The molecule has 0 bridgehead atoms. The molecule has 0 saturated carbocycles. The summed E-state index contributed by atoms with van der Waals surface area (Å²) in [5, 5.41) is 20.0. The second kappa shape index (κ2) is 6.24. The molecule has 2 atom stereocenters. The minimum atomic E-state index is -0.593. The first kappa shape index (κ1) is 16.7. The molecule has 7 nitrogen and oxygen atoms in total. The van der Waals surface area contributed by atoms with Gasteiger partial charge in [-0.15, -0.1) is 0 Å². The predicted octanol–water partition coefficient (Wildman–Crippen LogP) is 3.07. The van der Waals surface area contributed by atoms with Crippen LogP contribution in [0.15, 0.2) is 24.3 Å². The van der Waals surface area contributed by atoms with Gasteiger partial charge in [0.05, 0.1) is 16.9 Å². The van der Waals surface area contributed by atoms with Crippen LogP contribution in [0, 0.1) is 27.4 Å². The molecule has 7 heteroatoms. The largest absolute Gasteiger partial charge is 0.444 e. The monoisotopic (exact) mass is 317 g/mol. The predicted molar refractivity (Wildman–Crippen MR) is 82.7 cm³/mol. The first-order valence-electron chi connectivity index (χ1n) is 7.33. The summed E-state index contributed by atoms with van der Waals surface area (Å²) < 4.78 is 5.34.